The van der Waals surface area contributed by atoms with Gasteiger partial charge in [-0.2, -0.15) is 13.2 Å². The second-order valence-electron chi connectivity index (χ2n) is 6.55. The first-order valence-corrected chi connectivity index (χ1v) is 8.66. The van der Waals surface area contributed by atoms with Crippen LogP contribution in [0.3, 0.4) is 0 Å². The summed E-state index contributed by atoms with van der Waals surface area (Å²) in [5.74, 6) is 0.338. The molecule has 1 amide bonds. The van der Waals surface area contributed by atoms with E-state index in [0.29, 0.717) is 18.1 Å². The molecule has 0 saturated heterocycles. The number of nitrogens with one attached hydrogen (secondary N) is 2. The van der Waals surface area contributed by atoms with Crippen molar-refractivity contribution in [2.75, 3.05) is 33.8 Å². The third-order valence-electron chi connectivity index (χ3n) is 3.41. The van der Waals surface area contributed by atoms with Crippen LogP contribution in [0, 0.1) is 0 Å². The summed E-state index contributed by atoms with van der Waals surface area (Å²) in [5.41, 5.74) is 2.34. The van der Waals surface area contributed by atoms with Gasteiger partial charge in [0, 0.05) is 20.6 Å². The average molecular weight is 400 g/mol. The number of likely N-dealkylation sites (N-methyl/N-ethyl adjacent to an activating group) is 1. The number of hydrogen-bond donors (Lipinski definition) is 2. The first-order valence-electron chi connectivity index (χ1n) is 8.66. The molecular weight excluding hydrogens is 373 g/mol. The van der Waals surface area contributed by atoms with Crippen LogP contribution in [0.15, 0.2) is 41.4 Å². The smallest absolute Gasteiger partial charge is 0.367 e. The molecule has 28 heavy (non-hydrogen) atoms. The predicted octanol–water partition coefficient (Wildman–Crippen LogP) is 2.47. The molecule has 0 aromatic heterocycles. The molecule has 156 valence electrons. The standard InChI is InChI=1S/C19H27F3N4O2/c1-14(2)9-23-18(25-11-17(27)26(3)4)24-10-15-6-5-7-16(8-15)12-28-13-19(20,21)22/h5-8H,1,9-13H2,2-4H3,(H2,23,24,25). The molecule has 1 aromatic carbocycles. The molecule has 9 heteroatoms. The Morgan fingerprint density at radius 2 is 1.86 bits per heavy atom. The Kier molecular flexibility index (Phi) is 9.50. The molecule has 2 N–H and O–H groups in total. The van der Waals surface area contributed by atoms with Crippen LogP contribution in [0.4, 0.5) is 13.2 Å². The number of benzene rings is 1. The van der Waals surface area contributed by atoms with Gasteiger partial charge in [-0.3, -0.25) is 4.79 Å². The average Bonchev–Trinajstić information content (AvgIpc) is 2.59. The van der Waals surface area contributed by atoms with E-state index in [-0.39, 0.29) is 25.6 Å². The zero-order chi connectivity index (χ0) is 21.2. The number of amides is 1. The van der Waals surface area contributed by atoms with Crippen LogP contribution in [-0.4, -0.2) is 56.7 Å². The van der Waals surface area contributed by atoms with Crippen LogP contribution in [0.1, 0.15) is 18.1 Å². The lowest BCUT2D eigenvalue weighted by molar-refractivity contribution is -0.176. The van der Waals surface area contributed by atoms with Gasteiger partial charge in [0.2, 0.25) is 5.91 Å². The number of carbonyl (C=O) groups excluding carboxylic acids is 1. The van der Waals surface area contributed by atoms with E-state index in [1.807, 2.05) is 13.0 Å². The number of rotatable bonds is 9. The van der Waals surface area contributed by atoms with E-state index >= 15 is 0 Å². The molecular formula is C19H27F3N4O2. The molecule has 0 unspecified atom stereocenters. The van der Waals surface area contributed by atoms with E-state index in [1.165, 1.54) is 4.90 Å². The van der Waals surface area contributed by atoms with Crippen LogP contribution in [0.2, 0.25) is 0 Å². The Bertz CT molecular complexity index is 688. The van der Waals surface area contributed by atoms with E-state index in [1.54, 1.807) is 32.3 Å². The van der Waals surface area contributed by atoms with Gasteiger partial charge < -0.3 is 20.3 Å². The highest BCUT2D eigenvalue weighted by Gasteiger charge is 2.27. The van der Waals surface area contributed by atoms with Gasteiger partial charge in [-0.05, 0) is 18.1 Å². The number of carbonyl (C=O) groups is 1. The van der Waals surface area contributed by atoms with Crippen molar-refractivity contribution in [3.8, 4) is 0 Å². The Morgan fingerprint density at radius 3 is 2.46 bits per heavy atom. The van der Waals surface area contributed by atoms with Gasteiger partial charge in [-0.25, -0.2) is 4.99 Å². The van der Waals surface area contributed by atoms with Crippen LogP contribution in [-0.2, 0) is 22.7 Å². The van der Waals surface area contributed by atoms with E-state index < -0.39 is 12.8 Å². The Labute approximate surface area is 163 Å². The zero-order valence-electron chi connectivity index (χ0n) is 16.4. The van der Waals surface area contributed by atoms with Crippen molar-refractivity contribution in [2.45, 2.75) is 26.3 Å². The normalized spacial score (nSPS) is 11.9. The second-order valence-corrected chi connectivity index (χ2v) is 6.55. The molecule has 0 atom stereocenters. The summed E-state index contributed by atoms with van der Waals surface area (Å²) in [6, 6.07) is 6.98. The predicted molar refractivity (Wildman–Crippen MR) is 103 cm³/mol. The van der Waals surface area contributed by atoms with E-state index in [9.17, 15) is 18.0 Å². The van der Waals surface area contributed by atoms with Crippen molar-refractivity contribution in [1.82, 2.24) is 15.5 Å². The molecule has 0 saturated carbocycles. The van der Waals surface area contributed by atoms with Crippen molar-refractivity contribution in [1.29, 1.82) is 0 Å². The number of guanidine groups is 1. The maximum absolute atomic E-state index is 12.2. The van der Waals surface area contributed by atoms with Crippen molar-refractivity contribution in [3.05, 3.63) is 47.5 Å². The fraction of sp³-hybridized carbons (Fsp3) is 0.474. The third kappa shape index (κ3) is 10.6. The molecule has 1 aromatic rings. The quantitative estimate of drug-likeness (QED) is 0.380. The summed E-state index contributed by atoms with van der Waals surface area (Å²) < 4.78 is 41.2. The molecule has 0 radical (unpaired) electrons. The van der Waals surface area contributed by atoms with Gasteiger partial charge in [-0.15, -0.1) is 0 Å². The fourth-order valence-electron chi connectivity index (χ4n) is 2.00. The molecule has 0 aliphatic carbocycles. The minimum Gasteiger partial charge on any atom is -0.367 e. The molecule has 0 aliphatic rings. The largest absolute Gasteiger partial charge is 0.411 e. The molecule has 0 spiro atoms. The van der Waals surface area contributed by atoms with E-state index in [4.69, 9.17) is 0 Å². The summed E-state index contributed by atoms with van der Waals surface area (Å²) in [7, 11) is 3.32. The number of halogens is 3. The number of nitrogens with zero attached hydrogens (tertiary/aromatic N) is 2. The maximum atomic E-state index is 12.2. The highest BCUT2D eigenvalue weighted by molar-refractivity contribution is 5.86. The fourth-order valence-corrected chi connectivity index (χ4v) is 2.00. The van der Waals surface area contributed by atoms with E-state index in [2.05, 4.69) is 26.9 Å². The van der Waals surface area contributed by atoms with Crippen LogP contribution in [0.5, 0.6) is 0 Å². The van der Waals surface area contributed by atoms with Crippen molar-refractivity contribution >= 4 is 11.9 Å². The van der Waals surface area contributed by atoms with Crippen LogP contribution in [0.25, 0.3) is 0 Å². The Hall–Kier alpha value is -2.55. The maximum Gasteiger partial charge on any atom is 0.411 e. The topological polar surface area (TPSA) is 66.0 Å². The number of ether oxygens (including phenoxy) is 1. The third-order valence-corrected chi connectivity index (χ3v) is 3.41. The van der Waals surface area contributed by atoms with Crippen LogP contribution >= 0.6 is 0 Å². The van der Waals surface area contributed by atoms with Crippen molar-refractivity contribution in [2.24, 2.45) is 4.99 Å². The van der Waals surface area contributed by atoms with Gasteiger partial charge in [0.1, 0.15) is 6.61 Å². The lowest BCUT2D eigenvalue weighted by Crippen LogP contribution is -2.43. The lowest BCUT2D eigenvalue weighted by atomic mass is 10.1. The molecule has 6 nitrogen and oxygen atoms in total. The summed E-state index contributed by atoms with van der Waals surface area (Å²) in [4.78, 5) is 17.6. The number of hydrogen-bond acceptors (Lipinski definition) is 3. The monoisotopic (exact) mass is 400 g/mol. The Morgan fingerprint density at radius 1 is 1.21 bits per heavy atom. The highest BCUT2D eigenvalue weighted by Crippen LogP contribution is 2.16. The highest BCUT2D eigenvalue weighted by atomic mass is 19.4. The SMILES string of the molecule is C=C(C)CNC(=NCc1cccc(COCC(F)(F)F)c1)NCC(=O)N(C)C. The minimum absolute atomic E-state index is 0.0837. The van der Waals surface area contributed by atoms with Crippen molar-refractivity contribution < 1.29 is 22.7 Å². The van der Waals surface area contributed by atoms with Gasteiger partial charge in [0.15, 0.2) is 5.96 Å². The first kappa shape index (κ1) is 23.5. The summed E-state index contributed by atoms with van der Waals surface area (Å²) in [6.07, 6.45) is -4.35. The summed E-state index contributed by atoms with van der Waals surface area (Å²) in [6.45, 7) is 5.12. The molecule has 0 bridgehead atoms. The van der Waals surface area contributed by atoms with Crippen molar-refractivity contribution in [3.63, 3.8) is 0 Å². The first-order chi connectivity index (χ1) is 13.1. The lowest BCUT2D eigenvalue weighted by Gasteiger charge is -2.15. The molecule has 0 aliphatic heterocycles. The van der Waals surface area contributed by atoms with Gasteiger partial charge in [-0.1, -0.05) is 36.4 Å². The molecule has 1 rings (SSSR count). The van der Waals surface area contributed by atoms with Gasteiger partial charge in [0.25, 0.3) is 0 Å². The van der Waals surface area contributed by atoms with Crippen LogP contribution < -0.4 is 10.6 Å². The number of alkyl halides is 3. The molecule has 0 fully saturated rings. The number of aliphatic imine (C=N–C) groups is 1. The summed E-state index contributed by atoms with van der Waals surface area (Å²) >= 11 is 0. The molecule has 0 heterocycles. The zero-order valence-corrected chi connectivity index (χ0v) is 16.4. The Balaban J connectivity index is 2.71. The van der Waals surface area contributed by atoms with Gasteiger partial charge in [0.05, 0.1) is 19.7 Å². The van der Waals surface area contributed by atoms with E-state index in [0.717, 1.165) is 11.1 Å². The second kappa shape index (κ2) is 11.3. The summed E-state index contributed by atoms with van der Waals surface area (Å²) in [5, 5.41) is 6.02. The van der Waals surface area contributed by atoms with Gasteiger partial charge >= 0.3 is 6.18 Å². The minimum atomic E-state index is -4.35.